The summed E-state index contributed by atoms with van der Waals surface area (Å²) in [5.41, 5.74) is -1.17. The van der Waals surface area contributed by atoms with Crippen LogP contribution >= 0.6 is 11.6 Å². The maximum absolute atomic E-state index is 13.2. The van der Waals surface area contributed by atoms with Crippen LogP contribution in [-0.2, 0) is 20.7 Å². The summed E-state index contributed by atoms with van der Waals surface area (Å²) in [6.07, 6.45) is -1.19. The number of ether oxygens (including phenoxy) is 1. The molecule has 0 bridgehead atoms. The second-order valence-electron chi connectivity index (χ2n) is 8.35. The molecule has 2 fully saturated rings. The highest BCUT2D eigenvalue weighted by atomic mass is 35.5. The molecule has 0 aliphatic carbocycles. The van der Waals surface area contributed by atoms with Crippen LogP contribution in [0.5, 0.6) is 0 Å². The van der Waals surface area contributed by atoms with Crippen LogP contribution in [0.4, 0.5) is 10.5 Å². The standard InChI is InChI=1S/C20H21ClN6O6/c1-4-22-16(28)13-12-11(33-26-13)5-10-9(23-12)6-20(17(29)24-19(31)25-18(20)30)14-7(2)32-8(3)15(21)27(10)14/h5,7-8,14-15H,4,6H2,1-3H3,(H,22,28)(H2,24,25,29,30,31). The van der Waals surface area contributed by atoms with Crippen molar-refractivity contribution in [3.8, 4) is 0 Å². The van der Waals surface area contributed by atoms with Crippen LogP contribution in [0.25, 0.3) is 11.1 Å². The number of aromatic nitrogens is 2. The smallest absolute Gasteiger partial charge is 0.328 e. The van der Waals surface area contributed by atoms with Gasteiger partial charge in [-0.25, -0.2) is 9.78 Å². The van der Waals surface area contributed by atoms with Crippen molar-refractivity contribution >= 4 is 52.1 Å². The summed E-state index contributed by atoms with van der Waals surface area (Å²) in [7, 11) is 0. The minimum Gasteiger partial charge on any atom is -0.370 e. The first kappa shape index (κ1) is 21.6. The molecule has 2 aromatic rings. The summed E-state index contributed by atoms with van der Waals surface area (Å²) in [5.74, 6) is -1.99. The van der Waals surface area contributed by atoms with Gasteiger partial charge in [0, 0.05) is 19.0 Å². The highest BCUT2D eigenvalue weighted by Crippen LogP contribution is 2.49. The zero-order valence-corrected chi connectivity index (χ0v) is 18.7. The van der Waals surface area contributed by atoms with Gasteiger partial charge in [0.25, 0.3) is 5.91 Å². The Bertz CT molecular complexity index is 1190. The summed E-state index contributed by atoms with van der Waals surface area (Å²) in [6.45, 7) is 5.68. The van der Waals surface area contributed by atoms with E-state index in [1.54, 1.807) is 31.7 Å². The molecule has 2 saturated heterocycles. The van der Waals surface area contributed by atoms with E-state index in [9.17, 15) is 19.2 Å². The Balaban J connectivity index is 1.74. The first-order valence-corrected chi connectivity index (χ1v) is 10.9. The number of carbonyl (C=O) groups excluding carboxylic acids is 4. The van der Waals surface area contributed by atoms with Crippen molar-refractivity contribution in [1.29, 1.82) is 0 Å². The van der Waals surface area contributed by atoms with Crippen LogP contribution in [0, 0.1) is 5.41 Å². The van der Waals surface area contributed by atoms with Gasteiger partial charge in [-0.05, 0) is 20.8 Å². The summed E-state index contributed by atoms with van der Waals surface area (Å²) in [6, 6.07) is -0.0760. The van der Waals surface area contributed by atoms with Crippen LogP contribution in [0.1, 0.15) is 37.0 Å². The number of imide groups is 2. The molecule has 3 aliphatic rings. The molecule has 5 rings (SSSR count). The van der Waals surface area contributed by atoms with Crippen LogP contribution in [0.2, 0.25) is 0 Å². The Morgan fingerprint density at radius 2 is 1.97 bits per heavy atom. The summed E-state index contributed by atoms with van der Waals surface area (Å²) in [4.78, 5) is 57.0. The van der Waals surface area contributed by atoms with E-state index in [4.69, 9.17) is 20.9 Å². The maximum atomic E-state index is 13.2. The first-order valence-electron chi connectivity index (χ1n) is 10.5. The molecule has 3 aliphatic heterocycles. The molecule has 0 aromatic carbocycles. The monoisotopic (exact) mass is 476 g/mol. The van der Waals surface area contributed by atoms with Gasteiger partial charge in [-0.3, -0.25) is 25.0 Å². The molecule has 4 unspecified atom stereocenters. The summed E-state index contributed by atoms with van der Waals surface area (Å²) < 4.78 is 11.3. The lowest BCUT2D eigenvalue weighted by molar-refractivity contribution is -0.154. The fourth-order valence-electron chi connectivity index (χ4n) is 5.01. The van der Waals surface area contributed by atoms with Crippen molar-refractivity contribution < 1.29 is 28.4 Å². The number of pyridine rings is 1. The number of nitrogens with zero attached hydrogens (tertiary/aromatic N) is 3. The topological polar surface area (TPSA) is 156 Å². The third kappa shape index (κ3) is 2.93. The zero-order chi connectivity index (χ0) is 23.7. The molecular formula is C20H21ClN6O6. The number of carbonyl (C=O) groups is 4. The van der Waals surface area contributed by atoms with Crippen molar-refractivity contribution in [2.75, 3.05) is 11.4 Å². The fraction of sp³-hybridized carbons (Fsp3) is 0.500. The van der Waals surface area contributed by atoms with Crippen LogP contribution in [0.3, 0.4) is 0 Å². The molecule has 5 heterocycles. The largest absolute Gasteiger partial charge is 0.370 e. The lowest BCUT2D eigenvalue weighted by Crippen LogP contribution is -2.76. The van der Waals surface area contributed by atoms with Gasteiger partial charge in [-0.1, -0.05) is 16.8 Å². The molecule has 0 radical (unpaired) electrons. The van der Waals surface area contributed by atoms with Gasteiger partial charge >= 0.3 is 6.03 Å². The molecule has 33 heavy (non-hydrogen) atoms. The van der Waals surface area contributed by atoms with E-state index in [0.29, 0.717) is 17.9 Å². The van der Waals surface area contributed by atoms with Crippen LogP contribution in [0.15, 0.2) is 10.6 Å². The van der Waals surface area contributed by atoms with Crippen molar-refractivity contribution in [1.82, 2.24) is 26.1 Å². The minimum absolute atomic E-state index is 0.00955. The quantitative estimate of drug-likeness (QED) is 0.317. The Kier molecular flexibility index (Phi) is 4.83. The zero-order valence-electron chi connectivity index (χ0n) is 18.0. The Hall–Kier alpha value is -3.25. The highest BCUT2D eigenvalue weighted by Gasteiger charge is 2.64. The summed E-state index contributed by atoms with van der Waals surface area (Å²) in [5, 5.41) is 10.9. The molecule has 2 aromatic heterocycles. The molecule has 0 saturated carbocycles. The van der Waals surface area contributed by atoms with Crippen molar-refractivity contribution in [3.63, 3.8) is 0 Å². The van der Waals surface area contributed by atoms with Gasteiger partial charge in [0.2, 0.25) is 11.8 Å². The Morgan fingerprint density at radius 1 is 1.27 bits per heavy atom. The van der Waals surface area contributed by atoms with E-state index in [1.807, 2.05) is 0 Å². The van der Waals surface area contributed by atoms with E-state index in [2.05, 4.69) is 26.1 Å². The second-order valence-corrected chi connectivity index (χ2v) is 8.80. The molecule has 4 atom stereocenters. The van der Waals surface area contributed by atoms with Crippen LogP contribution < -0.4 is 20.9 Å². The minimum atomic E-state index is -1.74. The average Bonchev–Trinajstić information content (AvgIpc) is 3.16. The lowest BCUT2D eigenvalue weighted by atomic mass is 9.67. The molecule has 12 nitrogen and oxygen atoms in total. The maximum Gasteiger partial charge on any atom is 0.328 e. The number of halogens is 1. The Morgan fingerprint density at radius 3 is 2.64 bits per heavy atom. The summed E-state index contributed by atoms with van der Waals surface area (Å²) >= 11 is 6.74. The van der Waals surface area contributed by atoms with Gasteiger partial charge in [0.15, 0.2) is 16.7 Å². The third-order valence-corrected chi connectivity index (χ3v) is 6.94. The van der Waals surface area contributed by atoms with Crippen molar-refractivity contribution in [2.24, 2.45) is 5.41 Å². The second kappa shape index (κ2) is 7.39. The van der Waals surface area contributed by atoms with Crippen molar-refractivity contribution in [2.45, 2.75) is 50.9 Å². The molecule has 3 N–H and O–H groups in total. The van der Waals surface area contributed by atoms with E-state index in [-0.39, 0.29) is 23.2 Å². The molecule has 5 amide bonds. The molecule has 13 heteroatoms. The molecular weight excluding hydrogens is 456 g/mol. The van der Waals surface area contributed by atoms with E-state index in [1.165, 1.54) is 0 Å². The number of nitrogens with one attached hydrogen (secondary N) is 3. The number of anilines is 1. The van der Waals surface area contributed by atoms with Gasteiger partial charge in [0.1, 0.15) is 11.0 Å². The lowest BCUT2D eigenvalue weighted by Gasteiger charge is -2.56. The number of alkyl halides is 1. The number of rotatable bonds is 2. The van der Waals surface area contributed by atoms with E-state index >= 15 is 0 Å². The van der Waals surface area contributed by atoms with Gasteiger partial charge in [-0.15, -0.1) is 0 Å². The number of morpholine rings is 1. The number of urea groups is 1. The molecule has 174 valence electrons. The SMILES string of the molecule is CCNC(=O)c1noc2cc3c(nc12)CC1(C(=O)NC(=O)NC1=O)C1C(C)OC(C)C(Cl)N31. The number of fused-ring (bicyclic) bond motifs is 5. The predicted octanol–water partition coefficient (Wildman–Crippen LogP) is 0.428. The van der Waals surface area contributed by atoms with Gasteiger partial charge in [0.05, 0.1) is 29.6 Å². The third-order valence-electron chi connectivity index (χ3n) is 6.38. The highest BCUT2D eigenvalue weighted by molar-refractivity contribution is 6.24. The Labute approximate surface area is 192 Å². The van der Waals surface area contributed by atoms with Gasteiger partial charge in [-0.2, -0.15) is 0 Å². The fourth-order valence-corrected chi connectivity index (χ4v) is 5.30. The van der Waals surface area contributed by atoms with Crippen LogP contribution in [-0.4, -0.2) is 64.2 Å². The van der Waals surface area contributed by atoms with E-state index in [0.717, 1.165) is 0 Å². The average molecular weight is 477 g/mol. The van der Waals surface area contributed by atoms with Gasteiger partial charge < -0.3 is 19.5 Å². The van der Waals surface area contributed by atoms with E-state index < -0.39 is 52.9 Å². The van der Waals surface area contributed by atoms with Crippen molar-refractivity contribution in [3.05, 3.63) is 17.5 Å². The molecule has 1 spiro atoms. The number of amides is 5. The predicted molar refractivity (Wildman–Crippen MR) is 114 cm³/mol. The normalized spacial score (nSPS) is 28.2. The number of barbiturate groups is 1. The number of hydrogen-bond acceptors (Lipinski definition) is 9. The first-order chi connectivity index (χ1) is 15.7. The number of hydrogen-bond donors (Lipinski definition) is 3.